The third-order valence-corrected chi connectivity index (χ3v) is 5.24. The van der Waals surface area contributed by atoms with E-state index in [9.17, 15) is 8.42 Å². The molecule has 0 atom stereocenters. The Morgan fingerprint density at radius 2 is 1.80 bits per heavy atom. The highest BCUT2D eigenvalue weighted by Gasteiger charge is 2.32. The summed E-state index contributed by atoms with van der Waals surface area (Å²) in [6, 6.07) is 4.90. The average Bonchev–Trinajstić information content (AvgIpc) is 2.37. The molecular weight excluding hydrogens is 343 g/mol. The molecule has 0 saturated carbocycles. The summed E-state index contributed by atoms with van der Waals surface area (Å²) in [6.45, 7) is 4.04. The van der Waals surface area contributed by atoms with Crippen LogP contribution in [0.5, 0.6) is 5.75 Å². The Hall–Kier alpha value is -0.160. The first-order valence-corrected chi connectivity index (χ1v) is 9.45. The molecule has 0 unspecified atom stereocenters. The van der Waals surface area contributed by atoms with Crippen LogP contribution in [0.1, 0.15) is 26.7 Å². The van der Waals surface area contributed by atoms with Crippen LogP contribution in [0.2, 0.25) is 10.0 Å². The molecule has 1 aromatic carbocycles. The second kappa shape index (κ2) is 7.21. The van der Waals surface area contributed by atoms with Crippen molar-refractivity contribution in [2.75, 3.05) is 12.4 Å². The van der Waals surface area contributed by atoms with E-state index in [2.05, 4.69) is 0 Å². The van der Waals surface area contributed by atoms with Crippen molar-refractivity contribution in [3.63, 3.8) is 0 Å². The summed E-state index contributed by atoms with van der Waals surface area (Å²) in [5, 5.41) is 0.942. The molecule has 114 valence electrons. The van der Waals surface area contributed by atoms with Gasteiger partial charge in [0.05, 0.1) is 17.4 Å². The first kappa shape index (κ1) is 17.9. The molecule has 0 aromatic heterocycles. The topological polar surface area (TPSA) is 43.4 Å². The third-order valence-electron chi connectivity index (χ3n) is 3.41. The molecule has 0 amide bonds. The van der Waals surface area contributed by atoms with Gasteiger partial charge in [-0.05, 0) is 25.0 Å². The van der Waals surface area contributed by atoms with E-state index in [1.165, 1.54) is 0 Å². The monoisotopic (exact) mass is 358 g/mol. The highest BCUT2D eigenvalue weighted by molar-refractivity contribution is 8.13. The van der Waals surface area contributed by atoms with Crippen molar-refractivity contribution in [2.45, 2.75) is 26.7 Å². The van der Waals surface area contributed by atoms with Crippen LogP contribution in [0.15, 0.2) is 18.2 Å². The Balaban J connectivity index is 2.89. The largest absolute Gasteiger partial charge is 0.491 e. The van der Waals surface area contributed by atoms with Crippen LogP contribution in [0.25, 0.3) is 0 Å². The molecule has 20 heavy (non-hydrogen) atoms. The zero-order valence-electron chi connectivity index (χ0n) is 11.3. The van der Waals surface area contributed by atoms with Crippen molar-refractivity contribution in [2.24, 2.45) is 5.41 Å². The Kier molecular flexibility index (Phi) is 6.45. The summed E-state index contributed by atoms with van der Waals surface area (Å²) < 4.78 is 28.4. The zero-order valence-corrected chi connectivity index (χ0v) is 14.4. The molecule has 0 aliphatic carbocycles. The van der Waals surface area contributed by atoms with Crippen LogP contribution in [-0.2, 0) is 9.05 Å². The third kappa shape index (κ3) is 5.32. The maximum Gasteiger partial charge on any atom is 0.233 e. The lowest BCUT2D eigenvalue weighted by atomic mass is 9.85. The Morgan fingerprint density at radius 1 is 1.20 bits per heavy atom. The second-order valence-corrected chi connectivity index (χ2v) is 8.37. The minimum Gasteiger partial charge on any atom is -0.491 e. The molecular formula is C13H17Cl3O3S. The van der Waals surface area contributed by atoms with Gasteiger partial charge in [-0.1, -0.05) is 37.0 Å². The van der Waals surface area contributed by atoms with E-state index >= 15 is 0 Å². The van der Waals surface area contributed by atoms with Crippen molar-refractivity contribution in [1.29, 1.82) is 0 Å². The van der Waals surface area contributed by atoms with Gasteiger partial charge in [-0.15, -0.1) is 0 Å². The van der Waals surface area contributed by atoms with E-state index in [0.29, 0.717) is 28.6 Å². The van der Waals surface area contributed by atoms with Gasteiger partial charge >= 0.3 is 0 Å². The molecule has 0 bridgehead atoms. The predicted molar refractivity (Wildman–Crippen MR) is 84.6 cm³/mol. The smallest absolute Gasteiger partial charge is 0.233 e. The molecule has 1 aromatic rings. The fourth-order valence-electron chi connectivity index (χ4n) is 1.88. The summed E-state index contributed by atoms with van der Waals surface area (Å²) in [5.41, 5.74) is -0.535. The average molecular weight is 360 g/mol. The Bertz CT molecular complexity index is 554. The molecule has 0 radical (unpaired) electrons. The molecule has 0 aliphatic heterocycles. The van der Waals surface area contributed by atoms with Crippen LogP contribution in [0.4, 0.5) is 0 Å². The van der Waals surface area contributed by atoms with Gasteiger partial charge < -0.3 is 4.74 Å². The number of rotatable bonds is 7. The minimum atomic E-state index is -3.60. The van der Waals surface area contributed by atoms with Gasteiger partial charge in [-0.2, -0.15) is 0 Å². The molecule has 0 saturated heterocycles. The quantitative estimate of drug-likeness (QED) is 0.660. The predicted octanol–water partition coefficient (Wildman–Crippen LogP) is 4.75. The zero-order chi connectivity index (χ0) is 15.4. The number of hydrogen-bond donors (Lipinski definition) is 0. The van der Waals surface area contributed by atoms with E-state index in [1.807, 2.05) is 13.8 Å². The Morgan fingerprint density at radius 3 is 2.30 bits per heavy atom. The van der Waals surface area contributed by atoms with Crippen molar-refractivity contribution in [1.82, 2.24) is 0 Å². The lowest BCUT2D eigenvalue weighted by molar-refractivity contribution is 0.155. The van der Waals surface area contributed by atoms with Crippen molar-refractivity contribution in [3.8, 4) is 5.75 Å². The van der Waals surface area contributed by atoms with Crippen molar-refractivity contribution in [3.05, 3.63) is 28.2 Å². The standard InChI is InChI=1S/C13H17Cl3O3S/c1-3-13(4-2,9-20(16,17)18)8-19-12-7-10(14)5-6-11(12)15/h5-7H,3-4,8-9H2,1-2H3. The Labute approximate surface area is 134 Å². The fraction of sp³-hybridized carbons (Fsp3) is 0.538. The van der Waals surface area contributed by atoms with E-state index in [-0.39, 0.29) is 12.4 Å². The van der Waals surface area contributed by atoms with E-state index in [4.69, 9.17) is 38.6 Å². The first-order valence-electron chi connectivity index (χ1n) is 6.21. The summed E-state index contributed by atoms with van der Waals surface area (Å²) in [4.78, 5) is 0. The van der Waals surface area contributed by atoms with Gasteiger partial charge in [0.25, 0.3) is 0 Å². The highest BCUT2D eigenvalue weighted by Crippen LogP contribution is 2.33. The molecule has 0 aliphatic rings. The first-order chi connectivity index (χ1) is 9.21. The molecule has 3 nitrogen and oxygen atoms in total. The van der Waals surface area contributed by atoms with Crippen molar-refractivity contribution >= 4 is 42.9 Å². The van der Waals surface area contributed by atoms with Crippen LogP contribution < -0.4 is 4.74 Å². The van der Waals surface area contributed by atoms with E-state index in [1.54, 1.807) is 18.2 Å². The molecule has 7 heteroatoms. The highest BCUT2D eigenvalue weighted by atomic mass is 35.7. The summed E-state index contributed by atoms with van der Waals surface area (Å²) in [6.07, 6.45) is 1.27. The van der Waals surface area contributed by atoms with E-state index < -0.39 is 14.5 Å². The maximum absolute atomic E-state index is 11.4. The summed E-state index contributed by atoms with van der Waals surface area (Å²) in [7, 11) is 1.79. The number of hydrogen-bond acceptors (Lipinski definition) is 3. The molecule has 0 N–H and O–H groups in total. The van der Waals surface area contributed by atoms with Crippen LogP contribution in [0.3, 0.4) is 0 Å². The van der Waals surface area contributed by atoms with Gasteiger partial charge in [-0.3, -0.25) is 0 Å². The maximum atomic E-state index is 11.4. The molecule has 1 rings (SSSR count). The molecule has 0 spiro atoms. The fourth-order valence-corrected chi connectivity index (χ4v) is 4.14. The SMILES string of the molecule is CCC(CC)(COc1cc(Cl)ccc1Cl)CS(=O)(=O)Cl. The van der Waals surface area contributed by atoms with Gasteiger partial charge in [-0.25, -0.2) is 8.42 Å². The van der Waals surface area contributed by atoms with Crippen LogP contribution in [-0.4, -0.2) is 20.8 Å². The van der Waals surface area contributed by atoms with E-state index in [0.717, 1.165) is 0 Å². The second-order valence-electron chi connectivity index (χ2n) is 4.75. The summed E-state index contributed by atoms with van der Waals surface area (Å²) in [5.74, 6) is 0.310. The lowest BCUT2D eigenvalue weighted by Gasteiger charge is -2.30. The van der Waals surface area contributed by atoms with Gasteiger partial charge in [0.2, 0.25) is 9.05 Å². The number of ether oxygens (including phenoxy) is 1. The van der Waals surface area contributed by atoms with Gasteiger partial charge in [0, 0.05) is 27.2 Å². The summed E-state index contributed by atoms with van der Waals surface area (Å²) >= 11 is 11.9. The minimum absolute atomic E-state index is 0.132. The lowest BCUT2D eigenvalue weighted by Crippen LogP contribution is -2.33. The molecule has 0 heterocycles. The number of benzene rings is 1. The van der Waals surface area contributed by atoms with Gasteiger partial charge in [0.1, 0.15) is 5.75 Å². The van der Waals surface area contributed by atoms with Gasteiger partial charge in [0.15, 0.2) is 0 Å². The molecule has 0 fully saturated rings. The van der Waals surface area contributed by atoms with Crippen LogP contribution >= 0.6 is 33.9 Å². The van der Waals surface area contributed by atoms with Crippen molar-refractivity contribution < 1.29 is 13.2 Å². The normalized spacial score (nSPS) is 12.4. The number of halogens is 3. The van der Waals surface area contributed by atoms with Crippen LogP contribution in [0, 0.1) is 5.41 Å².